The zero-order valence-corrected chi connectivity index (χ0v) is 27.8. The molecule has 0 amide bonds. The zero-order valence-electron chi connectivity index (χ0n) is 27.0. The Kier molecular flexibility index (Phi) is 9.70. The summed E-state index contributed by atoms with van der Waals surface area (Å²) in [5.74, 6) is -4.89. The summed E-state index contributed by atoms with van der Waals surface area (Å²) >= 11 is 0. The van der Waals surface area contributed by atoms with Gasteiger partial charge in [-0.2, -0.15) is 0 Å². The van der Waals surface area contributed by atoms with E-state index in [0.717, 1.165) is 18.9 Å². The molecule has 0 aliphatic carbocycles. The number of benzene rings is 1. The summed E-state index contributed by atoms with van der Waals surface area (Å²) in [4.78, 5) is 25.3. The fraction of sp³-hybridized carbons (Fsp3) is 0.618. The number of nitrogens with one attached hydrogen (secondary N) is 1. The van der Waals surface area contributed by atoms with Crippen LogP contribution in [-0.4, -0.2) is 70.2 Å². The van der Waals surface area contributed by atoms with Gasteiger partial charge < -0.3 is 15.3 Å². The minimum atomic E-state index is -3.38. The Bertz CT molecular complexity index is 1780. The fourth-order valence-corrected chi connectivity index (χ4v) is 9.02. The van der Waals surface area contributed by atoms with E-state index < -0.39 is 45.2 Å². The van der Waals surface area contributed by atoms with Gasteiger partial charge in [-0.25, -0.2) is 31.6 Å². The van der Waals surface area contributed by atoms with E-state index in [9.17, 15) is 18.3 Å². The molecule has 0 saturated carbocycles. The van der Waals surface area contributed by atoms with E-state index in [2.05, 4.69) is 15.3 Å². The number of nitrogens with zero attached hydrogens (tertiary/aromatic N) is 4. The van der Waals surface area contributed by atoms with Crippen molar-refractivity contribution in [2.24, 2.45) is 5.92 Å². The normalized spacial score (nSPS) is 27.3. The van der Waals surface area contributed by atoms with Crippen molar-refractivity contribution in [2.45, 2.75) is 95.7 Å². The van der Waals surface area contributed by atoms with Gasteiger partial charge in [0, 0.05) is 30.1 Å². The molecule has 2 aromatic heterocycles. The number of aliphatic hydroxyl groups excluding tert-OH is 1. The van der Waals surface area contributed by atoms with Crippen LogP contribution in [0.15, 0.2) is 29.1 Å². The van der Waals surface area contributed by atoms with E-state index in [1.54, 1.807) is 24.5 Å². The Morgan fingerprint density at radius 1 is 0.979 bits per heavy atom. The van der Waals surface area contributed by atoms with Crippen LogP contribution >= 0.6 is 0 Å². The number of aromatic nitrogens is 3. The molecule has 1 unspecified atom stereocenters. The van der Waals surface area contributed by atoms with E-state index >= 15 is 13.2 Å². The van der Waals surface area contributed by atoms with Crippen LogP contribution < -0.4 is 10.9 Å². The van der Waals surface area contributed by atoms with Crippen molar-refractivity contribution in [1.29, 1.82) is 0 Å². The molecule has 1 aromatic carbocycles. The van der Waals surface area contributed by atoms with Gasteiger partial charge in [-0.1, -0.05) is 31.0 Å². The molecule has 7 rings (SSSR count). The molecule has 2 N–H and O–H groups in total. The Balaban J connectivity index is 1.44. The molecule has 256 valence electrons. The third-order valence-corrected chi connectivity index (χ3v) is 12.0. The summed E-state index contributed by atoms with van der Waals surface area (Å²) in [6.07, 6.45) is 3.16. The standard InChI is InChI=1S/C34H44F3N5O4S/c1-21-26-8-6-9-29(30(26)35)34(36,37)24-10-15-41(16-11-24)20-25(43)7-4-3-5-14-42-32-28(31(38-21)39-22(2)40-32)19-27(33(42)44)23-12-17-47(45,46)18-13-23/h6,8-9,19,21,23-25,43H,3-5,7,10-18,20H2,1-2H3,(H,38,39,40)/t21-,25?/m1/s1. The summed E-state index contributed by atoms with van der Waals surface area (Å²) in [6, 6.07) is 5.08. The third kappa shape index (κ3) is 7.07. The van der Waals surface area contributed by atoms with Crippen LogP contribution in [0.3, 0.4) is 0 Å². The van der Waals surface area contributed by atoms with Crippen molar-refractivity contribution in [3.8, 4) is 0 Å². The largest absolute Gasteiger partial charge is 0.392 e. The van der Waals surface area contributed by atoms with Crippen LogP contribution in [0.1, 0.15) is 92.8 Å². The summed E-state index contributed by atoms with van der Waals surface area (Å²) in [5.41, 5.74) is 0.119. The van der Waals surface area contributed by atoms with Crippen molar-refractivity contribution in [3.05, 3.63) is 63.0 Å². The number of halogens is 3. The average molecular weight is 676 g/mol. The zero-order chi connectivity index (χ0) is 33.5. The fourth-order valence-electron chi connectivity index (χ4n) is 7.52. The van der Waals surface area contributed by atoms with Crippen molar-refractivity contribution in [3.63, 3.8) is 0 Å². The maximum absolute atomic E-state index is 16.1. The Morgan fingerprint density at radius 2 is 1.70 bits per heavy atom. The van der Waals surface area contributed by atoms with Crippen LogP contribution in [0, 0.1) is 18.7 Å². The highest BCUT2D eigenvalue weighted by atomic mass is 32.2. The number of piperidine rings is 1. The van der Waals surface area contributed by atoms with Gasteiger partial charge in [0.15, 0.2) is 0 Å². The number of aliphatic hydroxyl groups is 1. The van der Waals surface area contributed by atoms with Gasteiger partial charge in [0.2, 0.25) is 0 Å². The first-order valence-corrected chi connectivity index (χ1v) is 18.6. The van der Waals surface area contributed by atoms with Gasteiger partial charge >= 0.3 is 0 Å². The predicted molar refractivity (Wildman–Crippen MR) is 175 cm³/mol. The Morgan fingerprint density at radius 3 is 2.43 bits per heavy atom. The summed E-state index contributed by atoms with van der Waals surface area (Å²) in [5, 5.41) is 14.5. The number of rotatable bonds is 1. The second-order valence-electron chi connectivity index (χ2n) is 13.6. The van der Waals surface area contributed by atoms with Gasteiger partial charge in [0.05, 0.1) is 34.6 Å². The first-order valence-electron chi connectivity index (χ1n) is 16.8. The molecule has 2 atom stereocenters. The molecular formula is C34H44F3N5O4S. The Hall–Kier alpha value is -3.03. The number of fused-ring (bicyclic) bond motifs is 9. The number of aryl methyl sites for hydroxylation is 2. The van der Waals surface area contributed by atoms with Gasteiger partial charge in [-0.15, -0.1) is 0 Å². The third-order valence-electron chi connectivity index (χ3n) is 10.3. The van der Waals surface area contributed by atoms with Gasteiger partial charge in [0.25, 0.3) is 11.5 Å². The van der Waals surface area contributed by atoms with E-state index in [1.807, 2.05) is 4.90 Å². The molecule has 2 saturated heterocycles. The smallest absolute Gasteiger partial charge is 0.278 e. The molecule has 3 aromatic rings. The minimum Gasteiger partial charge on any atom is -0.392 e. The minimum absolute atomic E-state index is 0.00253. The lowest BCUT2D eigenvalue weighted by Crippen LogP contribution is -2.42. The molecule has 6 heterocycles. The van der Waals surface area contributed by atoms with E-state index in [0.29, 0.717) is 80.1 Å². The number of hydrogen-bond acceptors (Lipinski definition) is 8. The highest BCUT2D eigenvalue weighted by Crippen LogP contribution is 2.44. The molecule has 8 bridgehead atoms. The van der Waals surface area contributed by atoms with Crippen LogP contribution in [-0.2, 0) is 22.3 Å². The molecule has 0 radical (unpaired) electrons. The van der Waals surface area contributed by atoms with Crippen LogP contribution in [0.4, 0.5) is 19.0 Å². The number of anilines is 1. The molecule has 0 spiro atoms. The summed E-state index contributed by atoms with van der Waals surface area (Å²) < 4.78 is 73.9. The van der Waals surface area contributed by atoms with Gasteiger partial charge in [-0.05, 0) is 77.4 Å². The maximum atomic E-state index is 16.1. The lowest BCUT2D eigenvalue weighted by Gasteiger charge is -2.37. The number of alkyl halides is 2. The van der Waals surface area contributed by atoms with E-state index in [4.69, 9.17) is 0 Å². The topological polar surface area (TPSA) is 117 Å². The Labute approximate surface area is 273 Å². The van der Waals surface area contributed by atoms with Crippen molar-refractivity contribution >= 4 is 26.7 Å². The van der Waals surface area contributed by atoms with Crippen LogP contribution in [0.2, 0.25) is 0 Å². The molecule has 2 fully saturated rings. The molecule has 47 heavy (non-hydrogen) atoms. The van der Waals surface area contributed by atoms with Crippen molar-refractivity contribution < 1.29 is 26.7 Å². The van der Waals surface area contributed by atoms with E-state index in [1.165, 1.54) is 12.1 Å². The first-order chi connectivity index (χ1) is 22.3. The summed E-state index contributed by atoms with van der Waals surface area (Å²) in [6.45, 7) is 4.96. The highest BCUT2D eigenvalue weighted by Gasteiger charge is 2.45. The quantitative estimate of drug-likeness (QED) is 0.350. The summed E-state index contributed by atoms with van der Waals surface area (Å²) in [7, 11) is -3.16. The van der Waals surface area contributed by atoms with E-state index in [-0.39, 0.29) is 41.4 Å². The maximum Gasteiger partial charge on any atom is 0.278 e. The second-order valence-corrected chi connectivity index (χ2v) is 15.9. The van der Waals surface area contributed by atoms with Gasteiger partial charge in [0.1, 0.15) is 32.9 Å². The second kappa shape index (κ2) is 13.5. The van der Waals surface area contributed by atoms with Gasteiger partial charge in [-0.3, -0.25) is 9.36 Å². The number of sulfone groups is 1. The molecule has 4 aliphatic rings. The lowest BCUT2D eigenvalue weighted by molar-refractivity contribution is -0.0899. The average Bonchev–Trinajstić information content (AvgIpc) is 3.02. The number of pyridine rings is 1. The van der Waals surface area contributed by atoms with Crippen LogP contribution in [0.5, 0.6) is 0 Å². The first kappa shape index (κ1) is 33.9. The molecule has 4 aliphatic heterocycles. The SMILES string of the molecule is Cc1nc2c3cc(C4CCS(=O)(=O)CC4)c(=O)n(c3n1)CCCCCC(O)CN1CCC(CC1)C(F)(F)c1cccc(c1F)[C@@H](C)N2. The van der Waals surface area contributed by atoms with Crippen LogP contribution in [0.25, 0.3) is 11.0 Å². The number of hydrogen-bond donors (Lipinski definition) is 2. The lowest BCUT2D eigenvalue weighted by atomic mass is 9.85. The molecular weight excluding hydrogens is 631 g/mol. The predicted octanol–water partition coefficient (Wildman–Crippen LogP) is 5.44. The van der Waals surface area contributed by atoms with Crippen molar-refractivity contribution in [1.82, 2.24) is 19.4 Å². The van der Waals surface area contributed by atoms with Crippen molar-refractivity contribution in [2.75, 3.05) is 36.5 Å². The molecule has 9 nitrogen and oxygen atoms in total. The molecule has 13 heteroatoms. The monoisotopic (exact) mass is 675 g/mol. The highest BCUT2D eigenvalue weighted by molar-refractivity contribution is 7.91.